The molecule has 1 amide bonds. The Morgan fingerprint density at radius 3 is 2.39 bits per heavy atom. The van der Waals surface area contributed by atoms with Crippen molar-refractivity contribution in [3.63, 3.8) is 0 Å². The maximum absolute atomic E-state index is 11.9. The van der Waals surface area contributed by atoms with Crippen molar-refractivity contribution in [2.24, 2.45) is 0 Å². The normalized spacial score (nSPS) is 10.2. The third-order valence-electron chi connectivity index (χ3n) is 1.89. The van der Waals surface area contributed by atoms with Gasteiger partial charge in [-0.15, -0.1) is 0 Å². The number of amides is 1. The van der Waals surface area contributed by atoms with Gasteiger partial charge in [0.05, 0.1) is 12.4 Å². The smallest absolute Gasteiger partial charge is 0.257 e. The maximum atomic E-state index is 11.9. The van der Waals surface area contributed by atoms with Crippen LogP contribution < -0.4 is 5.32 Å². The number of rotatable bonds is 2. The molecular formula is C10H5BrCl2N4O. The van der Waals surface area contributed by atoms with Crippen LogP contribution in [0.4, 0.5) is 5.82 Å². The summed E-state index contributed by atoms with van der Waals surface area (Å²) in [5, 5.41) is 2.86. The lowest BCUT2D eigenvalue weighted by Crippen LogP contribution is -2.13. The molecule has 5 nitrogen and oxygen atoms in total. The summed E-state index contributed by atoms with van der Waals surface area (Å²) in [6.07, 6.45) is 2.90. The van der Waals surface area contributed by atoms with Crippen LogP contribution in [0.15, 0.2) is 29.1 Å². The number of aromatic nitrogens is 3. The van der Waals surface area contributed by atoms with Gasteiger partial charge in [0, 0.05) is 5.56 Å². The molecule has 0 saturated heterocycles. The monoisotopic (exact) mass is 346 g/mol. The summed E-state index contributed by atoms with van der Waals surface area (Å²) < 4.78 is 0.579. The second-order valence-corrected chi connectivity index (χ2v) is 4.77. The van der Waals surface area contributed by atoms with E-state index in [1.807, 2.05) is 0 Å². The van der Waals surface area contributed by atoms with E-state index in [0.29, 0.717) is 16.0 Å². The van der Waals surface area contributed by atoms with Crippen LogP contribution in [-0.4, -0.2) is 20.9 Å². The standard InChI is InChI=1S/C10H5BrCl2N4O/c11-6-3-15-9(4-14-6)17-10(18)5-1-7(12)16-8(13)2-5/h1-4H,(H,15,17,18). The van der Waals surface area contributed by atoms with Gasteiger partial charge in [0.2, 0.25) is 0 Å². The summed E-state index contributed by atoms with van der Waals surface area (Å²) in [4.78, 5) is 23.5. The van der Waals surface area contributed by atoms with Crippen molar-refractivity contribution in [1.29, 1.82) is 0 Å². The van der Waals surface area contributed by atoms with Crippen molar-refractivity contribution < 1.29 is 4.79 Å². The molecule has 2 aromatic heterocycles. The fraction of sp³-hybridized carbons (Fsp3) is 0. The van der Waals surface area contributed by atoms with Crippen LogP contribution in [0.1, 0.15) is 10.4 Å². The highest BCUT2D eigenvalue weighted by Crippen LogP contribution is 2.16. The molecule has 0 bridgehead atoms. The van der Waals surface area contributed by atoms with Gasteiger partial charge in [0.25, 0.3) is 5.91 Å². The molecule has 0 unspecified atom stereocenters. The number of pyridine rings is 1. The van der Waals surface area contributed by atoms with E-state index in [-0.39, 0.29) is 10.3 Å². The molecule has 0 aromatic carbocycles. The van der Waals surface area contributed by atoms with Crippen LogP contribution in [0, 0.1) is 0 Å². The van der Waals surface area contributed by atoms with E-state index in [1.54, 1.807) is 0 Å². The van der Waals surface area contributed by atoms with E-state index in [0.717, 1.165) is 0 Å². The van der Waals surface area contributed by atoms with E-state index in [9.17, 15) is 4.79 Å². The van der Waals surface area contributed by atoms with Crippen LogP contribution in [-0.2, 0) is 0 Å². The number of hydrogen-bond acceptors (Lipinski definition) is 4. The summed E-state index contributed by atoms with van der Waals surface area (Å²) in [6.45, 7) is 0. The lowest BCUT2D eigenvalue weighted by molar-refractivity contribution is 0.102. The predicted molar refractivity (Wildman–Crippen MR) is 71.9 cm³/mol. The van der Waals surface area contributed by atoms with Gasteiger partial charge in [-0.2, -0.15) is 0 Å². The lowest BCUT2D eigenvalue weighted by atomic mass is 10.2. The summed E-state index contributed by atoms with van der Waals surface area (Å²) in [6, 6.07) is 2.82. The van der Waals surface area contributed by atoms with Crippen molar-refractivity contribution in [2.45, 2.75) is 0 Å². The Morgan fingerprint density at radius 1 is 1.17 bits per heavy atom. The zero-order valence-electron chi connectivity index (χ0n) is 8.69. The zero-order valence-corrected chi connectivity index (χ0v) is 11.8. The zero-order chi connectivity index (χ0) is 13.1. The molecule has 0 spiro atoms. The highest BCUT2D eigenvalue weighted by atomic mass is 79.9. The van der Waals surface area contributed by atoms with Gasteiger partial charge in [-0.25, -0.2) is 15.0 Å². The van der Waals surface area contributed by atoms with Crippen molar-refractivity contribution in [3.8, 4) is 0 Å². The molecule has 1 N–H and O–H groups in total. The topological polar surface area (TPSA) is 67.8 Å². The summed E-state index contributed by atoms with van der Waals surface area (Å²) in [5.74, 6) is -0.0647. The number of halogens is 3. The Kier molecular flexibility index (Phi) is 4.11. The minimum absolute atomic E-state index is 0.148. The first-order valence-corrected chi connectivity index (χ1v) is 6.21. The lowest BCUT2D eigenvalue weighted by Gasteiger charge is -2.04. The van der Waals surface area contributed by atoms with Gasteiger partial charge in [-0.3, -0.25) is 4.79 Å². The number of carbonyl (C=O) groups excluding carboxylic acids is 1. The molecule has 0 atom stereocenters. The minimum Gasteiger partial charge on any atom is -0.305 e. The third-order valence-corrected chi connectivity index (χ3v) is 2.68. The highest BCUT2D eigenvalue weighted by Gasteiger charge is 2.09. The number of carbonyl (C=O) groups is 1. The van der Waals surface area contributed by atoms with Gasteiger partial charge in [-0.1, -0.05) is 23.2 Å². The summed E-state index contributed by atoms with van der Waals surface area (Å²) in [5.41, 5.74) is 0.296. The minimum atomic E-state index is -0.391. The first-order valence-electron chi connectivity index (χ1n) is 4.66. The molecule has 8 heteroatoms. The Balaban J connectivity index is 2.19. The first kappa shape index (κ1) is 13.2. The number of nitrogens with zero attached hydrogens (tertiary/aromatic N) is 3. The second kappa shape index (κ2) is 5.60. The van der Waals surface area contributed by atoms with E-state index < -0.39 is 5.91 Å². The molecule has 2 heterocycles. The quantitative estimate of drug-likeness (QED) is 0.847. The van der Waals surface area contributed by atoms with Gasteiger partial charge in [0.15, 0.2) is 5.82 Å². The van der Waals surface area contributed by atoms with Crippen LogP contribution in [0.2, 0.25) is 10.3 Å². The molecule has 2 aromatic rings. The van der Waals surface area contributed by atoms with Crippen molar-refractivity contribution in [1.82, 2.24) is 15.0 Å². The van der Waals surface area contributed by atoms with Crippen LogP contribution in [0.5, 0.6) is 0 Å². The summed E-state index contributed by atoms with van der Waals surface area (Å²) in [7, 11) is 0. The van der Waals surface area contributed by atoms with Crippen LogP contribution >= 0.6 is 39.1 Å². The third kappa shape index (κ3) is 3.38. The van der Waals surface area contributed by atoms with Crippen molar-refractivity contribution in [2.75, 3.05) is 5.32 Å². The van der Waals surface area contributed by atoms with Crippen LogP contribution in [0.25, 0.3) is 0 Å². The molecule has 18 heavy (non-hydrogen) atoms. The van der Waals surface area contributed by atoms with E-state index in [2.05, 4.69) is 36.2 Å². The summed E-state index contributed by atoms with van der Waals surface area (Å²) >= 11 is 14.6. The molecule has 0 aliphatic heterocycles. The largest absolute Gasteiger partial charge is 0.305 e. The molecule has 2 rings (SSSR count). The fourth-order valence-electron chi connectivity index (χ4n) is 1.16. The number of anilines is 1. The second-order valence-electron chi connectivity index (χ2n) is 3.18. The van der Waals surface area contributed by atoms with Crippen molar-refractivity contribution in [3.05, 3.63) is 45.0 Å². The molecule has 0 saturated carbocycles. The Bertz CT molecular complexity index is 571. The highest BCUT2D eigenvalue weighted by molar-refractivity contribution is 9.10. The predicted octanol–water partition coefficient (Wildman–Crippen LogP) is 3.19. The number of nitrogens with one attached hydrogen (secondary N) is 1. The van der Waals surface area contributed by atoms with Crippen LogP contribution in [0.3, 0.4) is 0 Å². The van der Waals surface area contributed by atoms with E-state index >= 15 is 0 Å². The van der Waals surface area contributed by atoms with Gasteiger partial charge in [0.1, 0.15) is 14.9 Å². The average Bonchev–Trinajstić information content (AvgIpc) is 2.31. The van der Waals surface area contributed by atoms with Crippen molar-refractivity contribution >= 4 is 50.9 Å². The SMILES string of the molecule is O=C(Nc1cnc(Br)cn1)c1cc(Cl)nc(Cl)c1. The van der Waals surface area contributed by atoms with Gasteiger partial charge >= 0.3 is 0 Å². The molecule has 0 aliphatic rings. The molecule has 0 fully saturated rings. The van der Waals surface area contributed by atoms with Gasteiger partial charge in [-0.05, 0) is 28.1 Å². The Morgan fingerprint density at radius 2 is 1.83 bits per heavy atom. The van der Waals surface area contributed by atoms with Gasteiger partial charge < -0.3 is 5.32 Å². The van der Waals surface area contributed by atoms with E-state index in [4.69, 9.17) is 23.2 Å². The average molecular weight is 348 g/mol. The fourth-order valence-corrected chi connectivity index (χ4v) is 1.83. The Hall–Kier alpha value is -1.24. The molecule has 0 aliphatic carbocycles. The van der Waals surface area contributed by atoms with E-state index in [1.165, 1.54) is 24.5 Å². The number of hydrogen-bond donors (Lipinski definition) is 1. The molecule has 0 radical (unpaired) electrons. The molecular weight excluding hydrogens is 343 g/mol. The molecule has 92 valence electrons. The Labute approximate surface area is 121 Å². The first-order chi connectivity index (χ1) is 8.54. The maximum Gasteiger partial charge on any atom is 0.257 e.